The van der Waals surface area contributed by atoms with Gasteiger partial charge in [0.1, 0.15) is 5.75 Å². The van der Waals surface area contributed by atoms with Gasteiger partial charge < -0.3 is 10.0 Å². The minimum Gasteiger partial charge on any atom is -0.507 e. The van der Waals surface area contributed by atoms with E-state index in [-0.39, 0.29) is 11.7 Å². The summed E-state index contributed by atoms with van der Waals surface area (Å²) < 4.78 is 0. The van der Waals surface area contributed by atoms with Crippen molar-refractivity contribution >= 4 is 5.91 Å². The molecule has 0 saturated carbocycles. The van der Waals surface area contributed by atoms with Crippen molar-refractivity contribution in [3.05, 3.63) is 29.8 Å². The molecule has 1 N–H and O–H groups in total. The zero-order valence-corrected chi connectivity index (χ0v) is 12.0. The van der Waals surface area contributed by atoms with E-state index in [0.717, 1.165) is 25.9 Å². The summed E-state index contributed by atoms with van der Waals surface area (Å²) in [5.41, 5.74) is 0.723. The fourth-order valence-corrected chi connectivity index (χ4v) is 2.77. The lowest BCUT2D eigenvalue weighted by atomic mass is 9.75. The second-order valence-electron chi connectivity index (χ2n) is 6.45. The quantitative estimate of drug-likeness (QED) is 0.842. The molecule has 104 valence electrons. The Bertz CT molecular complexity index is 454. The Kier molecular flexibility index (Phi) is 3.83. The third-order valence-electron chi connectivity index (χ3n) is 4.14. The molecule has 1 amide bonds. The summed E-state index contributed by atoms with van der Waals surface area (Å²) >= 11 is 0. The number of nitrogens with zero attached hydrogens (tertiary/aromatic N) is 1. The lowest BCUT2D eigenvalue weighted by Gasteiger charge is -2.38. The van der Waals surface area contributed by atoms with Crippen LogP contribution in [0.15, 0.2) is 24.3 Å². The average molecular weight is 261 g/mol. The maximum absolute atomic E-state index is 12.3. The number of phenolic OH excluding ortho intramolecular Hbond substituents is 1. The predicted octanol–water partition coefficient (Wildman–Crippen LogP) is 3.29. The monoisotopic (exact) mass is 261 g/mol. The van der Waals surface area contributed by atoms with Crippen LogP contribution in [-0.2, 0) is 0 Å². The van der Waals surface area contributed by atoms with Crippen LogP contribution in [0.25, 0.3) is 0 Å². The largest absolute Gasteiger partial charge is 0.507 e. The van der Waals surface area contributed by atoms with E-state index < -0.39 is 0 Å². The minimum atomic E-state index is -0.0505. The smallest absolute Gasteiger partial charge is 0.257 e. The first-order chi connectivity index (χ1) is 8.89. The number of carbonyl (C=O) groups is 1. The fraction of sp³-hybridized carbons (Fsp3) is 0.562. The molecule has 2 rings (SSSR count). The van der Waals surface area contributed by atoms with Gasteiger partial charge in [-0.3, -0.25) is 4.79 Å². The first kappa shape index (κ1) is 13.9. The molecule has 0 aromatic heterocycles. The summed E-state index contributed by atoms with van der Waals surface area (Å²) in [6.07, 6.45) is 2.09. The molecule has 1 heterocycles. The number of para-hydroxylation sites is 1. The van der Waals surface area contributed by atoms with Crippen molar-refractivity contribution in [3.8, 4) is 5.75 Å². The van der Waals surface area contributed by atoms with Gasteiger partial charge >= 0.3 is 0 Å². The van der Waals surface area contributed by atoms with Gasteiger partial charge in [-0.05, 0) is 36.3 Å². The van der Waals surface area contributed by atoms with Gasteiger partial charge in [-0.15, -0.1) is 0 Å². The summed E-state index contributed by atoms with van der Waals surface area (Å²) in [5.74, 6) is 0.692. The van der Waals surface area contributed by atoms with Gasteiger partial charge in [0, 0.05) is 13.1 Å². The van der Waals surface area contributed by atoms with E-state index in [0.29, 0.717) is 16.9 Å². The van der Waals surface area contributed by atoms with E-state index >= 15 is 0 Å². The normalized spacial score (nSPS) is 17.5. The Morgan fingerprint density at radius 1 is 1.21 bits per heavy atom. The van der Waals surface area contributed by atoms with E-state index in [1.807, 2.05) is 4.90 Å². The summed E-state index contributed by atoms with van der Waals surface area (Å²) in [4.78, 5) is 14.2. The van der Waals surface area contributed by atoms with Gasteiger partial charge in [0.05, 0.1) is 5.56 Å². The molecule has 0 radical (unpaired) electrons. The van der Waals surface area contributed by atoms with Gasteiger partial charge in [-0.25, -0.2) is 0 Å². The van der Waals surface area contributed by atoms with Crippen molar-refractivity contribution in [2.75, 3.05) is 13.1 Å². The third-order valence-corrected chi connectivity index (χ3v) is 4.14. The molecule has 19 heavy (non-hydrogen) atoms. The number of benzene rings is 1. The topological polar surface area (TPSA) is 40.5 Å². The molecule has 0 atom stereocenters. The van der Waals surface area contributed by atoms with E-state index in [1.54, 1.807) is 24.3 Å². The molecular weight excluding hydrogens is 238 g/mol. The van der Waals surface area contributed by atoms with E-state index in [9.17, 15) is 9.90 Å². The highest BCUT2D eigenvalue weighted by atomic mass is 16.3. The minimum absolute atomic E-state index is 0.0505. The van der Waals surface area contributed by atoms with Crippen LogP contribution < -0.4 is 0 Å². The Balaban J connectivity index is 2.03. The number of phenols is 1. The number of hydrogen-bond acceptors (Lipinski definition) is 2. The zero-order chi connectivity index (χ0) is 14.0. The first-order valence-corrected chi connectivity index (χ1v) is 6.97. The Morgan fingerprint density at radius 2 is 1.79 bits per heavy atom. The highest BCUT2D eigenvalue weighted by molar-refractivity contribution is 5.96. The second kappa shape index (κ2) is 5.24. The summed E-state index contributed by atoms with van der Waals surface area (Å²) in [7, 11) is 0. The lowest BCUT2D eigenvalue weighted by molar-refractivity contribution is 0.0606. The molecule has 0 bridgehead atoms. The molecule has 0 aliphatic carbocycles. The Labute approximate surface area is 115 Å². The van der Waals surface area contributed by atoms with Gasteiger partial charge in [-0.1, -0.05) is 32.9 Å². The molecule has 1 aromatic rings. The molecule has 1 fully saturated rings. The SMILES string of the molecule is CC(C)(C)C1CCN(C(=O)c2ccccc2O)CC1. The number of amides is 1. The Morgan fingerprint density at radius 3 is 2.32 bits per heavy atom. The molecule has 1 aromatic carbocycles. The zero-order valence-electron chi connectivity index (χ0n) is 12.0. The van der Waals surface area contributed by atoms with Crippen LogP contribution in [0.3, 0.4) is 0 Å². The maximum Gasteiger partial charge on any atom is 0.257 e. The van der Waals surface area contributed by atoms with Crippen LogP contribution >= 0.6 is 0 Å². The van der Waals surface area contributed by atoms with E-state index in [1.165, 1.54) is 0 Å². The van der Waals surface area contributed by atoms with Crippen molar-refractivity contribution in [1.82, 2.24) is 4.90 Å². The summed E-state index contributed by atoms with van der Waals surface area (Å²) in [6, 6.07) is 6.77. The van der Waals surface area contributed by atoms with E-state index in [4.69, 9.17) is 0 Å². The lowest BCUT2D eigenvalue weighted by Crippen LogP contribution is -2.41. The van der Waals surface area contributed by atoms with Gasteiger partial charge in [-0.2, -0.15) is 0 Å². The fourth-order valence-electron chi connectivity index (χ4n) is 2.77. The molecule has 1 saturated heterocycles. The van der Waals surface area contributed by atoms with Crippen molar-refractivity contribution in [2.24, 2.45) is 11.3 Å². The first-order valence-electron chi connectivity index (χ1n) is 6.97. The van der Waals surface area contributed by atoms with Crippen LogP contribution in [0, 0.1) is 11.3 Å². The summed E-state index contributed by atoms with van der Waals surface area (Å²) in [6.45, 7) is 8.36. The number of piperidine rings is 1. The number of likely N-dealkylation sites (tertiary alicyclic amines) is 1. The Hall–Kier alpha value is -1.51. The van der Waals surface area contributed by atoms with Gasteiger partial charge in [0.2, 0.25) is 0 Å². The maximum atomic E-state index is 12.3. The third kappa shape index (κ3) is 3.09. The standard InChI is InChI=1S/C16H23NO2/c1-16(2,3)12-8-10-17(11-9-12)15(19)13-6-4-5-7-14(13)18/h4-7,12,18H,8-11H2,1-3H3. The molecular formula is C16H23NO2. The van der Waals surface area contributed by atoms with Crippen LogP contribution in [0.4, 0.5) is 0 Å². The number of hydrogen-bond donors (Lipinski definition) is 1. The second-order valence-corrected chi connectivity index (χ2v) is 6.45. The highest BCUT2D eigenvalue weighted by Crippen LogP contribution is 2.34. The van der Waals surface area contributed by atoms with Gasteiger partial charge in [0.15, 0.2) is 0 Å². The van der Waals surface area contributed by atoms with Crippen LogP contribution in [-0.4, -0.2) is 29.0 Å². The van der Waals surface area contributed by atoms with Crippen LogP contribution in [0.2, 0.25) is 0 Å². The average Bonchev–Trinajstić information content (AvgIpc) is 2.38. The van der Waals surface area contributed by atoms with Crippen molar-refractivity contribution in [2.45, 2.75) is 33.6 Å². The molecule has 3 nitrogen and oxygen atoms in total. The van der Waals surface area contributed by atoms with Crippen molar-refractivity contribution < 1.29 is 9.90 Å². The van der Waals surface area contributed by atoms with Crippen molar-refractivity contribution in [1.29, 1.82) is 0 Å². The van der Waals surface area contributed by atoms with Gasteiger partial charge in [0.25, 0.3) is 5.91 Å². The molecule has 1 aliphatic rings. The van der Waals surface area contributed by atoms with Crippen LogP contribution in [0.5, 0.6) is 5.75 Å². The van der Waals surface area contributed by atoms with E-state index in [2.05, 4.69) is 20.8 Å². The predicted molar refractivity (Wildman–Crippen MR) is 76.2 cm³/mol. The summed E-state index contributed by atoms with van der Waals surface area (Å²) in [5, 5.41) is 9.75. The molecule has 3 heteroatoms. The molecule has 0 spiro atoms. The number of carbonyl (C=O) groups excluding carboxylic acids is 1. The number of aromatic hydroxyl groups is 1. The molecule has 0 unspecified atom stereocenters. The van der Waals surface area contributed by atoms with Crippen LogP contribution in [0.1, 0.15) is 44.0 Å². The molecule has 1 aliphatic heterocycles. The van der Waals surface area contributed by atoms with Crippen molar-refractivity contribution in [3.63, 3.8) is 0 Å². The highest BCUT2D eigenvalue weighted by Gasteiger charge is 2.31. The number of rotatable bonds is 1.